The Balaban J connectivity index is 1.54. The number of hydrogen-bond acceptors (Lipinski definition) is 7. The highest BCUT2D eigenvalue weighted by Gasteiger charge is 2.46. The second kappa shape index (κ2) is 10.8. The van der Waals surface area contributed by atoms with Crippen LogP contribution in [0.5, 0.6) is 5.75 Å². The van der Waals surface area contributed by atoms with E-state index >= 15 is 0 Å². The number of aromatic nitrogens is 2. The van der Waals surface area contributed by atoms with Crippen LogP contribution >= 0.6 is 0 Å². The van der Waals surface area contributed by atoms with Crippen molar-refractivity contribution in [3.05, 3.63) is 134 Å². The highest BCUT2D eigenvalue weighted by atomic mass is 16.6. The van der Waals surface area contributed by atoms with E-state index in [2.05, 4.69) is 9.97 Å². The predicted octanol–water partition coefficient (Wildman–Crippen LogP) is 2.24. The average Bonchev–Trinajstić information content (AvgIpc) is 3.23. The van der Waals surface area contributed by atoms with Gasteiger partial charge in [-0.3, -0.25) is 9.78 Å². The van der Waals surface area contributed by atoms with E-state index in [9.17, 15) is 19.8 Å². The third kappa shape index (κ3) is 4.68. The van der Waals surface area contributed by atoms with Crippen molar-refractivity contribution in [2.24, 2.45) is 0 Å². The van der Waals surface area contributed by atoms with Crippen molar-refractivity contribution in [1.82, 2.24) is 9.97 Å². The summed E-state index contributed by atoms with van der Waals surface area (Å²) in [5.74, 6) is 0.690. The van der Waals surface area contributed by atoms with Gasteiger partial charge in [-0.1, -0.05) is 72.8 Å². The third-order valence-electron chi connectivity index (χ3n) is 6.84. The average molecular weight is 517 g/mol. The van der Waals surface area contributed by atoms with Crippen LogP contribution in [0.1, 0.15) is 28.4 Å². The molecule has 1 aliphatic heterocycles. The summed E-state index contributed by atoms with van der Waals surface area (Å²) in [7, 11) is 1.60. The Morgan fingerprint density at radius 3 is 1.97 bits per heavy atom. The molecule has 1 fully saturated rings. The molecular formula is C29H28N2O7. The molecule has 0 aliphatic carbocycles. The lowest BCUT2D eigenvalue weighted by atomic mass is 9.80. The number of benzene rings is 3. The van der Waals surface area contributed by atoms with E-state index < -0.39 is 41.3 Å². The van der Waals surface area contributed by atoms with Crippen molar-refractivity contribution in [1.29, 1.82) is 0 Å². The van der Waals surface area contributed by atoms with Crippen molar-refractivity contribution in [2.45, 2.75) is 30.0 Å². The summed E-state index contributed by atoms with van der Waals surface area (Å²) in [5, 5.41) is 21.6. The number of H-pyrrole nitrogens is 2. The summed E-state index contributed by atoms with van der Waals surface area (Å²) in [5.41, 5.74) is 0.0325. The van der Waals surface area contributed by atoms with E-state index in [-0.39, 0.29) is 12.2 Å². The van der Waals surface area contributed by atoms with Gasteiger partial charge in [-0.05, 0) is 28.8 Å². The molecule has 4 atom stereocenters. The van der Waals surface area contributed by atoms with E-state index in [0.717, 1.165) is 16.7 Å². The highest BCUT2D eigenvalue weighted by Crippen LogP contribution is 2.42. The summed E-state index contributed by atoms with van der Waals surface area (Å²) in [4.78, 5) is 28.2. The van der Waals surface area contributed by atoms with Crippen LogP contribution in [0, 0.1) is 0 Å². The van der Waals surface area contributed by atoms with E-state index in [1.807, 2.05) is 84.9 Å². The fourth-order valence-corrected chi connectivity index (χ4v) is 4.90. The van der Waals surface area contributed by atoms with Crippen molar-refractivity contribution in [3.8, 4) is 5.75 Å². The quantitative estimate of drug-likeness (QED) is 0.264. The van der Waals surface area contributed by atoms with Gasteiger partial charge in [0.1, 0.15) is 35.8 Å². The van der Waals surface area contributed by atoms with Gasteiger partial charge >= 0.3 is 5.69 Å². The lowest BCUT2D eigenvalue weighted by Gasteiger charge is -2.37. The molecule has 0 bridgehead atoms. The minimum atomic E-state index is -1.40. The summed E-state index contributed by atoms with van der Waals surface area (Å²) < 4.78 is 18.0. The fraction of sp³-hybridized carbons (Fsp3) is 0.241. The molecule has 4 N–H and O–H groups in total. The summed E-state index contributed by atoms with van der Waals surface area (Å²) in [6, 6.07) is 26.9. The van der Waals surface area contributed by atoms with Crippen LogP contribution in [0.4, 0.5) is 0 Å². The number of aliphatic hydroxyl groups is 2. The van der Waals surface area contributed by atoms with Gasteiger partial charge in [0.2, 0.25) is 0 Å². The first-order chi connectivity index (χ1) is 18.4. The Morgan fingerprint density at radius 2 is 1.42 bits per heavy atom. The third-order valence-corrected chi connectivity index (χ3v) is 6.84. The Bertz CT molecular complexity index is 1430. The van der Waals surface area contributed by atoms with Crippen molar-refractivity contribution in [2.75, 3.05) is 13.7 Å². The number of nitrogens with one attached hydrogen (secondary N) is 2. The molecule has 0 spiro atoms. The summed E-state index contributed by atoms with van der Waals surface area (Å²) in [6.07, 6.45) is -3.68. The maximum absolute atomic E-state index is 12.3. The zero-order valence-corrected chi connectivity index (χ0v) is 20.6. The van der Waals surface area contributed by atoms with Crippen molar-refractivity contribution in [3.63, 3.8) is 0 Å². The van der Waals surface area contributed by atoms with Crippen LogP contribution in [-0.4, -0.2) is 52.2 Å². The van der Waals surface area contributed by atoms with Gasteiger partial charge in [0.15, 0.2) is 0 Å². The standard InChI is InChI=1S/C29H28N2O7/c1-36-21-14-12-20(13-15-21)29(18-8-4-2-5-9-18,19-10-6-3-7-11-19)37-17-23-24(32)25(33)26(38-23)22-16-30-28(35)31-27(22)34/h2-16,23-26,32-33H,17H2,1H3,(H2,30,31,34,35)/t23-,24-,25-,26+/m1/s1. The molecule has 9 heteroatoms. The Kier molecular flexibility index (Phi) is 7.26. The molecule has 196 valence electrons. The van der Waals surface area contributed by atoms with E-state index in [1.165, 1.54) is 6.20 Å². The molecule has 1 saturated heterocycles. The zero-order valence-electron chi connectivity index (χ0n) is 20.6. The molecular weight excluding hydrogens is 488 g/mol. The Labute approximate surface area is 218 Å². The van der Waals surface area contributed by atoms with Gasteiger partial charge in [0.25, 0.3) is 5.56 Å². The molecule has 9 nitrogen and oxygen atoms in total. The molecule has 1 aromatic heterocycles. The molecule has 1 aliphatic rings. The van der Waals surface area contributed by atoms with Gasteiger partial charge < -0.3 is 29.4 Å². The van der Waals surface area contributed by atoms with Crippen molar-refractivity contribution >= 4 is 0 Å². The van der Waals surface area contributed by atoms with Crippen LogP contribution in [0.2, 0.25) is 0 Å². The van der Waals surface area contributed by atoms with Crippen LogP contribution in [0.15, 0.2) is 101 Å². The topological polar surface area (TPSA) is 134 Å². The molecule has 0 unspecified atom stereocenters. The maximum atomic E-state index is 12.3. The predicted molar refractivity (Wildman–Crippen MR) is 139 cm³/mol. The maximum Gasteiger partial charge on any atom is 0.325 e. The van der Waals surface area contributed by atoms with E-state index in [0.29, 0.717) is 5.75 Å². The second-order valence-electron chi connectivity index (χ2n) is 9.06. The minimum Gasteiger partial charge on any atom is -0.497 e. The summed E-state index contributed by atoms with van der Waals surface area (Å²) in [6.45, 7) is -0.119. The largest absolute Gasteiger partial charge is 0.497 e. The number of hydrogen-bond donors (Lipinski definition) is 4. The molecule has 0 saturated carbocycles. The minimum absolute atomic E-state index is 0.00573. The first-order valence-corrected chi connectivity index (χ1v) is 12.2. The number of aromatic amines is 2. The first kappa shape index (κ1) is 25.6. The molecule has 0 radical (unpaired) electrons. The Morgan fingerprint density at radius 1 is 0.842 bits per heavy atom. The molecule has 3 aromatic carbocycles. The fourth-order valence-electron chi connectivity index (χ4n) is 4.90. The first-order valence-electron chi connectivity index (χ1n) is 12.2. The number of aliphatic hydroxyl groups excluding tert-OH is 2. The van der Waals surface area contributed by atoms with Gasteiger partial charge in [-0.15, -0.1) is 0 Å². The van der Waals surface area contributed by atoms with E-state index in [4.69, 9.17) is 14.2 Å². The van der Waals surface area contributed by atoms with Gasteiger partial charge in [-0.2, -0.15) is 0 Å². The summed E-state index contributed by atoms with van der Waals surface area (Å²) >= 11 is 0. The highest BCUT2D eigenvalue weighted by molar-refractivity contribution is 5.48. The van der Waals surface area contributed by atoms with Crippen LogP contribution in [-0.2, 0) is 15.1 Å². The van der Waals surface area contributed by atoms with Crippen LogP contribution < -0.4 is 16.0 Å². The Hall–Kier alpha value is -4.02. The molecule has 38 heavy (non-hydrogen) atoms. The normalized spacial score (nSPS) is 21.3. The van der Waals surface area contributed by atoms with Crippen LogP contribution in [0.25, 0.3) is 0 Å². The SMILES string of the molecule is COc1ccc(C(OC[C@H]2O[C@@H](c3c[nH]c(=O)[nH]c3=O)[C@H](O)[C@@H]2O)(c2ccccc2)c2ccccc2)cc1. The van der Waals surface area contributed by atoms with Gasteiger partial charge in [0.05, 0.1) is 19.3 Å². The molecule has 4 aromatic rings. The number of methoxy groups -OCH3 is 1. The molecule has 0 amide bonds. The van der Waals surface area contributed by atoms with Crippen LogP contribution in [0.3, 0.4) is 0 Å². The zero-order chi connectivity index (χ0) is 26.7. The van der Waals surface area contributed by atoms with Gasteiger partial charge in [-0.25, -0.2) is 4.79 Å². The lowest BCUT2D eigenvalue weighted by molar-refractivity contribution is -0.0830. The molecule has 5 rings (SSSR count). The molecule has 2 heterocycles. The number of ether oxygens (including phenoxy) is 3. The van der Waals surface area contributed by atoms with E-state index in [1.54, 1.807) is 7.11 Å². The second-order valence-corrected chi connectivity index (χ2v) is 9.06. The smallest absolute Gasteiger partial charge is 0.325 e. The number of rotatable bonds is 8. The van der Waals surface area contributed by atoms with Gasteiger partial charge in [0, 0.05) is 6.20 Å². The van der Waals surface area contributed by atoms with Crippen molar-refractivity contribution < 1.29 is 24.4 Å². The monoisotopic (exact) mass is 516 g/mol. The lowest BCUT2D eigenvalue weighted by Crippen LogP contribution is -2.39.